The van der Waals surface area contributed by atoms with E-state index in [9.17, 15) is 19.1 Å². The van der Waals surface area contributed by atoms with E-state index in [1.807, 2.05) is 19.1 Å². The predicted octanol–water partition coefficient (Wildman–Crippen LogP) is 1.66. The largest absolute Gasteiger partial charge is 0.493 e. The number of carbonyl (C=O) groups excluding carboxylic acids is 1. The molecule has 7 heteroatoms. The lowest BCUT2D eigenvalue weighted by Gasteiger charge is -2.05. The molecular weight excluding hydrogens is 355 g/mol. The maximum absolute atomic E-state index is 13.6. The van der Waals surface area contributed by atoms with Gasteiger partial charge in [0.2, 0.25) is 5.88 Å². The summed E-state index contributed by atoms with van der Waals surface area (Å²) >= 11 is 0.733. The maximum Gasteiger partial charge on any atom is 0.315 e. The van der Waals surface area contributed by atoms with Gasteiger partial charge in [-0.05, 0) is 42.3 Å². The summed E-state index contributed by atoms with van der Waals surface area (Å²) in [6.45, 7) is 2.02. The van der Waals surface area contributed by atoms with Gasteiger partial charge in [-0.1, -0.05) is 30.4 Å². The Bertz CT molecular complexity index is 1220. The van der Waals surface area contributed by atoms with Crippen LogP contribution in [0.15, 0.2) is 52.3 Å². The minimum absolute atomic E-state index is 0.0445. The highest BCUT2D eigenvalue weighted by atomic mass is 32.1. The van der Waals surface area contributed by atoms with Gasteiger partial charge in [0.1, 0.15) is 10.7 Å². The van der Waals surface area contributed by atoms with Gasteiger partial charge in [-0.25, -0.2) is 13.9 Å². The van der Waals surface area contributed by atoms with E-state index in [-0.39, 0.29) is 21.5 Å². The van der Waals surface area contributed by atoms with Crippen LogP contribution in [0.2, 0.25) is 0 Å². The molecule has 130 valence electrons. The molecule has 0 bridgehead atoms. The summed E-state index contributed by atoms with van der Waals surface area (Å²) in [5, 5.41) is 11.2. The zero-order valence-corrected chi connectivity index (χ0v) is 14.5. The van der Waals surface area contributed by atoms with Gasteiger partial charge in [0.15, 0.2) is 0 Å². The van der Waals surface area contributed by atoms with Crippen LogP contribution in [0.3, 0.4) is 0 Å². The molecule has 2 aromatic carbocycles. The molecule has 0 fully saturated rings. The van der Waals surface area contributed by atoms with Crippen LogP contribution in [0.1, 0.15) is 17.4 Å². The monoisotopic (exact) mass is 368 g/mol. The summed E-state index contributed by atoms with van der Waals surface area (Å²) in [5.74, 6) is -1.47. The van der Waals surface area contributed by atoms with Crippen molar-refractivity contribution in [2.45, 2.75) is 13.3 Å². The number of aromatic nitrogens is 1. The Kier molecular flexibility index (Phi) is 3.81. The predicted molar refractivity (Wildman–Crippen MR) is 95.7 cm³/mol. The first-order valence-electron chi connectivity index (χ1n) is 7.97. The second-order valence-electron chi connectivity index (χ2n) is 5.83. The van der Waals surface area contributed by atoms with Crippen LogP contribution in [0.4, 0.5) is 4.39 Å². The van der Waals surface area contributed by atoms with Crippen LogP contribution >= 0.6 is 11.3 Å². The molecule has 26 heavy (non-hydrogen) atoms. The quantitative estimate of drug-likeness (QED) is 0.764. The molecular formula is C19H13FN2O3S. The molecule has 0 radical (unpaired) electrons. The van der Waals surface area contributed by atoms with E-state index in [1.165, 1.54) is 18.2 Å². The number of amides is 1. The van der Waals surface area contributed by atoms with Gasteiger partial charge in [-0.15, -0.1) is 0 Å². The molecule has 5 nitrogen and oxygen atoms in total. The first-order chi connectivity index (χ1) is 12.5. The number of nitrogens with zero attached hydrogens (tertiary/aromatic N) is 2. The molecule has 1 amide bonds. The van der Waals surface area contributed by atoms with Crippen LogP contribution in [-0.4, -0.2) is 15.6 Å². The standard InChI is InChI=1S/C19H13FN2O3S/c1-2-10-3-6-12(7-4-10)22-18(24)16(26-19(22)25)15-13-9-11(20)5-8-14(13)21-17(15)23/h3-9,24H,2H2,1H3. The van der Waals surface area contributed by atoms with E-state index in [2.05, 4.69) is 4.99 Å². The van der Waals surface area contributed by atoms with Gasteiger partial charge in [0.05, 0.1) is 16.6 Å². The van der Waals surface area contributed by atoms with Crippen molar-refractivity contribution in [1.82, 2.24) is 4.57 Å². The van der Waals surface area contributed by atoms with Crippen molar-refractivity contribution in [3.05, 3.63) is 79.0 Å². The summed E-state index contributed by atoms with van der Waals surface area (Å²) < 4.78 is 14.7. The van der Waals surface area contributed by atoms with Gasteiger partial charge < -0.3 is 5.11 Å². The molecule has 0 atom stereocenters. The van der Waals surface area contributed by atoms with Crippen LogP contribution in [0.5, 0.6) is 5.88 Å². The van der Waals surface area contributed by atoms with Crippen molar-refractivity contribution in [3.63, 3.8) is 0 Å². The van der Waals surface area contributed by atoms with E-state index in [0.29, 0.717) is 11.0 Å². The lowest BCUT2D eigenvalue weighted by molar-refractivity contribution is -0.112. The lowest BCUT2D eigenvalue weighted by atomic mass is 10.1. The fourth-order valence-corrected chi connectivity index (χ4v) is 3.88. The Hall–Kier alpha value is -3.06. The number of fused-ring (bicyclic) bond motifs is 1. The maximum atomic E-state index is 13.6. The number of aromatic hydroxyl groups is 1. The number of carbonyl (C=O) groups is 1. The third-order valence-electron chi connectivity index (χ3n) is 4.28. The average molecular weight is 368 g/mol. The number of hydrogen-bond donors (Lipinski definition) is 1. The summed E-state index contributed by atoms with van der Waals surface area (Å²) in [6, 6.07) is 11.0. The highest BCUT2D eigenvalue weighted by molar-refractivity contribution is 7.11. The Morgan fingerprint density at radius 2 is 1.88 bits per heavy atom. The van der Waals surface area contributed by atoms with Crippen LogP contribution in [-0.2, 0) is 11.2 Å². The van der Waals surface area contributed by atoms with Crippen LogP contribution in [0, 0.1) is 5.82 Å². The second kappa shape index (κ2) is 6.03. The van der Waals surface area contributed by atoms with Crippen LogP contribution < -0.4 is 15.4 Å². The average Bonchev–Trinajstić information content (AvgIpc) is 3.10. The van der Waals surface area contributed by atoms with Gasteiger partial charge in [0, 0.05) is 5.22 Å². The van der Waals surface area contributed by atoms with E-state index in [0.717, 1.165) is 27.9 Å². The number of thiazole rings is 1. The Morgan fingerprint density at radius 3 is 2.58 bits per heavy atom. The summed E-state index contributed by atoms with van der Waals surface area (Å²) in [6.07, 6.45) is 0.853. The third kappa shape index (κ3) is 2.48. The Labute approximate surface area is 151 Å². The first-order valence-corrected chi connectivity index (χ1v) is 8.78. The van der Waals surface area contributed by atoms with Gasteiger partial charge >= 0.3 is 4.87 Å². The normalized spacial score (nSPS) is 13.0. The first kappa shape index (κ1) is 16.4. The Balaban J connectivity index is 1.95. The fraction of sp³-hybridized carbons (Fsp3) is 0.105. The minimum Gasteiger partial charge on any atom is -0.493 e. The minimum atomic E-state index is -0.601. The zero-order chi connectivity index (χ0) is 18.4. The highest BCUT2D eigenvalue weighted by Crippen LogP contribution is 2.30. The number of hydrogen-bond acceptors (Lipinski definition) is 4. The topological polar surface area (TPSA) is 71.7 Å². The van der Waals surface area contributed by atoms with E-state index in [1.54, 1.807) is 12.1 Å². The molecule has 0 spiro atoms. The molecule has 0 aliphatic carbocycles. The zero-order valence-electron chi connectivity index (χ0n) is 13.7. The summed E-state index contributed by atoms with van der Waals surface area (Å²) in [5.41, 5.74) is 1.64. The van der Waals surface area contributed by atoms with Crippen molar-refractivity contribution in [1.29, 1.82) is 0 Å². The van der Waals surface area contributed by atoms with Crippen molar-refractivity contribution < 1.29 is 14.3 Å². The molecule has 0 unspecified atom stereocenters. The molecule has 0 saturated carbocycles. The van der Waals surface area contributed by atoms with Crippen molar-refractivity contribution >= 4 is 22.8 Å². The molecule has 1 N–H and O–H groups in total. The lowest BCUT2D eigenvalue weighted by Crippen LogP contribution is -2.23. The molecule has 1 aromatic heterocycles. The van der Waals surface area contributed by atoms with E-state index < -0.39 is 16.6 Å². The van der Waals surface area contributed by atoms with Crippen molar-refractivity contribution in [3.8, 4) is 11.6 Å². The van der Waals surface area contributed by atoms with Gasteiger partial charge in [-0.2, -0.15) is 0 Å². The molecule has 0 saturated heterocycles. The summed E-state index contributed by atoms with van der Waals surface area (Å²) in [4.78, 5) is 28.3. The molecule has 2 heterocycles. The summed E-state index contributed by atoms with van der Waals surface area (Å²) in [7, 11) is 0. The third-order valence-corrected chi connectivity index (χ3v) is 5.23. The second-order valence-corrected chi connectivity index (χ2v) is 6.79. The molecule has 3 aromatic rings. The van der Waals surface area contributed by atoms with E-state index >= 15 is 0 Å². The van der Waals surface area contributed by atoms with Crippen LogP contribution in [0.25, 0.3) is 11.3 Å². The molecule has 1 aliphatic rings. The molecule has 1 aliphatic heterocycles. The fourth-order valence-electron chi connectivity index (χ4n) is 2.94. The Morgan fingerprint density at radius 1 is 1.15 bits per heavy atom. The number of aryl methyl sites for hydroxylation is 1. The smallest absolute Gasteiger partial charge is 0.315 e. The van der Waals surface area contributed by atoms with Gasteiger partial charge in [0.25, 0.3) is 5.91 Å². The van der Waals surface area contributed by atoms with Gasteiger partial charge in [-0.3, -0.25) is 9.59 Å². The number of halogens is 1. The van der Waals surface area contributed by atoms with Crippen molar-refractivity contribution in [2.75, 3.05) is 0 Å². The van der Waals surface area contributed by atoms with Crippen molar-refractivity contribution in [2.24, 2.45) is 4.99 Å². The number of benzene rings is 2. The molecule has 4 rings (SSSR count). The SMILES string of the molecule is CCc1ccc(-n2c(O)c(C3=c4cc(F)ccc4=NC3=O)sc2=O)cc1. The van der Waals surface area contributed by atoms with E-state index in [4.69, 9.17) is 0 Å². The highest BCUT2D eigenvalue weighted by Gasteiger charge is 2.26. The number of rotatable bonds is 3.